The van der Waals surface area contributed by atoms with Crippen molar-refractivity contribution in [1.82, 2.24) is 4.90 Å². The number of hydrogen-bond donors (Lipinski definition) is 3. The molecule has 1 aromatic carbocycles. The van der Waals surface area contributed by atoms with E-state index < -0.39 is 5.60 Å². The summed E-state index contributed by atoms with van der Waals surface area (Å²) in [6.45, 7) is 2.85. The first-order valence-electron chi connectivity index (χ1n) is 5.46. The lowest BCUT2D eigenvalue weighted by Crippen LogP contribution is -2.43. The van der Waals surface area contributed by atoms with Crippen LogP contribution < -0.4 is 11.1 Å². The number of halogens is 1. The fourth-order valence-electron chi connectivity index (χ4n) is 1.72. The van der Waals surface area contributed by atoms with Crippen molar-refractivity contribution in [3.63, 3.8) is 0 Å². The predicted molar refractivity (Wildman–Crippen MR) is 76.2 cm³/mol. The van der Waals surface area contributed by atoms with Gasteiger partial charge in [-0.2, -0.15) is 0 Å². The Balaban J connectivity index is 2.61. The Morgan fingerprint density at radius 1 is 1.47 bits per heavy atom. The zero-order valence-electron chi connectivity index (χ0n) is 10.5. The number of nitrogens with zero attached hydrogens (tertiary/aromatic N) is 1. The molecule has 4 nitrogen and oxygen atoms in total. The van der Waals surface area contributed by atoms with Crippen LogP contribution in [0.15, 0.2) is 22.7 Å². The van der Waals surface area contributed by atoms with Crippen LogP contribution in [0.1, 0.15) is 6.92 Å². The Bertz CT molecular complexity index is 380. The first-order valence-corrected chi connectivity index (χ1v) is 6.25. The molecule has 17 heavy (non-hydrogen) atoms. The fraction of sp³-hybridized carbons (Fsp3) is 0.500. The van der Waals surface area contributed by atoms with E-state index in [4.69, 9.17) is 5.73 Å². The van der Waals surface area contributed by atoms with Crippen LogP contribution in [-0.4, -0.2) is 42.8 Å². The number of hydrogen-bond acceptors (Lipinski definition) is 4. The minimum absolute atomic E-state index is 0.455. The maximum Gasteiger partial charge on any atom is 0.0917 e. The van der Waals surface area contributed by atoms with Gasteiger partial charge in [0.15, 0.2) is 0 Å². The van der Waals surface area contributed by atoms with Crippen molar-refractivity contribution in [1.29, 1.82) is 0 Å². The topological polar surface area (TPSA) is 61.5 Å². The Kier molecular flexibility index (Phi) is 4.80. The van der Waals surface area contributed by atoms with Crippen molar-refractivity contribution in [2.75, 3.05) is 38.2 Å². The zero-order valence-corrected chi connectivity index (χ0v) is 12.1. The van der Waals surface area contributed by atoms with E-state index in [1.807, 2.05) is 37.2 Å². The number of aliphatic hydroxyl groups is 1. The van der Waals surface area contributed by atoms with Crippen molar-refractivity contribution >= 4 is 27.3 Å². The molecule has 0 bridgehead atoms. The largest absolute Gasteiger partial charge is 0.397 e. The molecule has 1 aromatic rings. The summed E-state index contributed by atoms with van der Waals surface area (Å²) in [4.78, 5) is 1.95. The normalized spacial score (nSPS) is 14.7. The van der Waals surface area contributed by atoms with Crippen LogP contribution >= 0.6 is 15.9 Å². The van der Waals surface area contributed by atoms with E-state index in [1.165, 1.54) is 0 Å². The Hall–Kier alpha value is -0.780. The molecule has 0 amide bonds. The van der Waals surface area contributed by atoms with Crippen molar-refractivity contribution in [3.8, 4) is 0 Å². The molecule has 0 aromatic heterocycles. The minimum Gasteiger partial charge on any atom is -0.397 e. The second-order valence-corrected chi connectivity index (χ2v) is 5.74. The predicted octanol–water partition coefficient (Wildman–Crippen LogP) is 1.76. The Morgan fingerprint density at radius 2 is 2.12 bits per heavy atom. The van der Waals surface area contributed by atoms with E-state index in [9.17, 15) is 5.11 Å². The van der Waals surface area contributed by atoms with Crippen molar-refractivity contribution in [2.45, 2.75) is 12.5 Å². The quantitative estimate of drug-likeness (QED) is 0.725. The molecule has 1 atom stereocenters. The van der Waals surface area contributed by atoms with Crippen LogP contribution in [0.4, 0.5) is 11.4 Å². The smallest absolute Gasteiger partial charge is 0.0917 e. The van der Waals surface area contributed by atoms with Gasteiger partial charge in [0.2, 0.25) is 0 Å². The third-order valence-corrected chi connectivity index (χ3v) is 2.82. The standard InChI is InChI=1S/C12H20BrN3O/c1-12(17,8-16(2)3)7-15-11-5-4-9(13)6-10(11)14/h4-6,15,17H,7-8,14H2,1-3H3. The number of nitrogens with two attached hydrogens (primary N) is 1. The maximum absolute atomic E-state index is 10.1. The van der Waals surface area contributed by atoms with Gasteiger partial charge in [-0.1, -0.05) is 15.9 Å². The lowest BCUT2D eigenvalue weighted by atomic mass is 10.1. The van der Waals surface area contributed by atoms with Crippen LogP contribution in [0.5, 0.6) is 0 Å². The molecule has 0 saturated heterocycles. The summed E-state index contributed by atoms with van der Waals surface area (Å²) in [6.07, 6.45) is 0. The molecule has 0 aliphatic heterocycles. The summed E-state index contributed by atoms with van der Waals surface area (Å²) in [5.74, 6) is 0. The van der Waals surface area contributed by atoms with Gasteiger partial charge < -0.3 is 21.1 Å². The molecule has 0 spiro atoms. The van der Waals surface area contributed by atoms with Gasteiger partial charge in [-0.15, -0.1) is 0 Å². The molecule has 0 aliphatic rings. The first kappa shape index (κ1) is 14.3. The van der Waals surface area contributed by atoms with E-state index in [0.717, 1.165) is 10.2 Å². The molecule has 1 rings (SSSR count). The number of anilines is 2. The van der Waals surface area contributed by atoms with Crippen LogP contribution in [0, 0.1) is 0 Å². The Morgan fingerprint density at radius 3 is 2.65 bits per heavy atom. The minimum atomic E-state index is -0.789. The number of rotatable bonds is 5. The second-order valence-electron chi connectivity index (χ2n) is 4.82. The number of likely N-dealkylation sites (N-methyl/N-ethyl adjacent to an activating group) is 1. The average molecular weight is 302 g/mol. The summed E-state index contributed by atoms with van der Waals surface area (Å²) in [5.41, 5.74) is 6.59. The van der Waals surface area contributed by atoms with E-state index >= 15 is 0 Å². The summed E-state index contributed by atoms with van der Waals surface area (Å²) >= 11 is 3.36. The summed E-state index contributed by atoms with van der Waals surface area (Å²) in [5, 5.41) is 13.3. The van der Waals surface area contributed by atoms with E-state index in [2.05, 4.69) is 21.2 Å². The van der Waals surface area contributed by atoms with Gasteiger partial charge in [-0.05, 0) is 39.2 Å². The molecular weight excluding hydrogens is 282 g/mol. The molecule has 4 N–H and O–H groups in total. The van der Waals surface area contributed by atoms with E-state index in [1.54, 1.807) is 6.92 Å². The number of nitrogen functional groups attached to an aromatic ring is 1. The summed E-state index contributed by atoms with van der Waals surface area (Å²) in [7, 11) is 3.87. The Labute approximate surface area is 111 Å². The first-order chi connectivity index (χ1) is 7.80. The SMILES string of the molecule is CN(C)CC(C)(O)CNc1ccc(Br)cc1N. The third-order valence-electron chi connectivity index (χ3n) is 2.33. The maximum atomic E-state index is 10.1. The molecule has 0 heterocycles. The van der Waals surface area contributed by atoms with Crippen molar-refractivity contribution in [3.05, 3.63) is 22.7 Å². The fourth-order valence-corrected chi connectivity index (χ4v) is 2.10. The van der Waals surface area contributed by atoms with Gasteiger partial charge in [0.25, 0.3) is 0 Å². The highest BCUT2D eigenvalue weighted by atomic mass is 79.9. The van der Waals surface area contributed by atoms with Gasteiger partial charge in [-0.3, -0.25) is 0 Å². The lowest BCUT2D eigenvalue weighted by Gasteiger charge is -2.27. The molecule has 0 radical (unpaired) electrons. The molecule has 5 heteroatoms. The van der Waals surface area contributed by atoms with Crippen molar-refractivity contribution in [2.24, 2.45) is 0 Å². The third kappa shape index (κ3) is 4.93. The van der Waals surface area contributed by atoms with Gasteiger partial charge in [0.1, 0.15) is 0 Å². The molecule has 0 saturated carbocycles. The van der Waals surface area contributed by atoms with Crippen LogP contribution in [0.2, 0.25) is 0 Å². The molecule has 1 unspecified atom stereocenters. The highest BCUT2D eigenvalue weighted by Crippen LogP contribution is 2.23. The molecule has 96 valence electrons. The average Bonchev–Trinajstić information content (AvgIpc) is 2.14. The molecule has 0 fully saturated rings. The van der Waals surface area contributed by atoms with E-state index in [-0.39, 0.29) is 0 Å². The van der Waals surface area contributed by atoms with Gasteiger partial charge in [0, 0.05) is 17.6 Å². The van der Waals surface area contributed by atoms with Crippen LogP contribution in [0.25, 0.3) is 0 Å². The lowest BCUT2D eigenvalue weighted by molar-refractivity contribution is 0.0460. The summed E-state index contributed by atoms with van der Waals surface area (Å²) in [6, 6.07) is 5.65. The van der Waals surface area contributed by atoms with Crippen molar-refractivity contribution < 1.29 is 5.11 Å². The molecular formula is C12H20BrN3O. The van der Waals surface area contributed by atoms with Crippen LogP contribution in [-0.2, 0) is 0 Å². The van der Waals surface area contributed by atoms with E-state index in [0.29, 0.717) is 18.8 Å². The molecule has 0 aliphatic carbocycles. The zero-order chi connectivity index (χ0) is 13.1. The van der Waals surface area contributed by atoms with Crippen LogP contribution in [0.3, 0.4) is 0 Å². The highest BCUT2D eigenvalue weighted by Gasteiger charge is 2.21. The van der Waals surface area contributed by atoms with Gasteiger partial charge >= 0.3 is 0 Å². The number of benzene rings is 1. The van der Waals surface area contributed by atoms with Gasteiger partial charge in [-0.25, -0.2) is 0 Å². The second kappa shape index (κ2) is 5.71. The summed E-state index contributed by atoms with van der Waals surface area (Å²) < 4.78 is 0.945. The number of nitrogens with one attached hydrogen (secondary N) is 1. The van der Waals surface area contributed by atoms with Gasteiger partial charge in [0.05, 0.1) is 17.0 Å². The highest BCUT2D eigenvalue weighted by molar-refractivity contribution is 9.10. The monoisotopic (exact) mass is 301 g/mol.